The molecule has 1 aliphatic rings. The van der Waals surface area contributed by atoms with E-state index in [4.69, 9.17) is 0 Å². The summed E-state index contributed by atoms with van der Waals surface area (Å²) in [4.78, 5) is 27.3. The molecule has 5 heteroatoms. The molecule has 21 heavy (non-hydrogen) atoms. The van der Waals surface area contributed by atoms with Gasteiger partial charge in [0.2, 0.25) is 0 Å². The van der Waals surface area contributed by atoms with E-state index in [1.165, 1.54) is 16.2 Å². The van der Waals surface area contributed by atoms with Gasteiger partial charge in [0.1, 0.15) is 6.04 Å². The second kappa shape index (κ2) is 5.33. The summed E-state index contributed by atoms with van der Waals surface area (Å²) in [6.45, 7) is 2.03. The van der Waals surface area contributed by atoms with E-state index in [1.54, 1.807) is 6.07 Å². The Morgan fingerprint density at radius 1 is 1.29 bits per heavy atom. The van der Waals surface area contributed by atoms with E-state index in [9.17, 15) is 14.7 Å². The Morgan fingerprint density at radius 2 is 2.05 bits per heavy atom. The molecule has 1 amide bonds. The number of amides is 1. The number of thiophene rings is 1. The molecule has 1 aromatic heterocycles. The highest BCUT2D eigenvalue weighted by Gasteiger charge is 2.38. The van der Waals surface area contributed by atoms with Crippen molar-refractivity contribution in [3.8, 4) is 0 Å². The minimum Gasteiger partial charge on any atom is -0.480 e. The molecule has 0 saturated heterocycles. The topological polar surface area (TPSA) is 57.6 Å². The van der Waals surface area contributed by atoms with Crippen molar-refractivity contribution in [2.24, 2.45) is 0 Å². The molecule has 1 aromatic carbocycles. The molecular weight excluding hydrogens is 286 g/mol. The van der Waals surface area contributed by atoms with Gasteiger partial charge < -0.3 is 5.11 Å². The number of para-hydroxylation sites is 1. The van der Waals surface area contributed by atoms with E-state index in [0.717, 1.165) is 16.9 Å². The Kier molecular flexibility index (Phi) is 3.51. The van der Waals surface area contributed by atoms with Crippen LogP contribution in [0, 0.1) is 0 Å². The molecule has 2 aromatic rings. The van der Waals surface area contributed by atoms with Crippen LogP contribution in [0.5, 0.6) is 0 Å². The fourth-order valence-corrected chi connectivity index (χ4v) is 3.52. The lowest BCUT2D eigenvalue weighted by Gasteiger charge is -2.21. The number of fused-ring (bicyclic) bond motifs is 1. The number of anilines is 1. The zero-order chi connectivity index (χ0) is 15.0. The molecule has 0 saturated carbocycles. The average molecular weight is 301 g/mol. The number of aliphatic carboxylic acids is 1. The first-order chi connectivity index (χ1) is 10.1. The minimum absolute atomic E-state index is 0.225. The molecule has 1 aliphatic heterocycles. The maximum atomic E-state index is 12.7. The van der Waals surface area contributed by atoms with Crippen LogP contribution in [0.25, 0.3) is 0 Å². The summed E-state index contributed by atoms with van der Waals surface area (Å²) >= 11 is 1.43. The van der Waals surface area contributed by atoms with Gasteiger partial charge in [-0.15, -0.1) is 11.3 Å². The molecule has 2 heterocycles. The van der Waals surface area contributed by atoms with Crippen molar-refractivity contribution in [1.82, 2.24) is 0 Å². The van der Waals surface area contributed by atoms with Crippen LogP contribution < -0.4 is 4.90 Å². The van der Waals surface area contributed by atoms with E-state index >= 15 is 0 Å². The highest BCUT2D eigenvalue weighted by molar-refractivity contribution is 7.14. The number of hydrogen-bond donors (Lipinski definition) is 1. The Labute approximate surface area is 126 Å². The van der Waals surface area contributed by atoms with Gasteiger partial charge in [-0.05, 0) is 30.2 Å². The monoisotopic (exact) mass is 301 g/mol. The summed E-state index contributed by atoms with van der Waals surface area (Å²) in [7, 11) is 0. The lowest BCUT2D eigenvalue weighted by atomic mass is 10.1. The first kappa shape index (κ1) is 13.8. The van der Waals surface area contributed by atoms with Gasteiger partial charge in [-0.2, -0.15) is 0 Å². The van der Waals surface area contributed by atoms with Crippen LogP contribution in [0.3, 0.4) is 0 Å². The van der Waals surface area contributed by atoms with E-state index in [1.807, 2.05) is 37.3 Å². The van der Waals surface area contributed by atoms with Gasteiger partial charge >= 0.3 is 5.97 Å². The van der Waals surface area contributed by atoms with Crippen LogP contribution in [0.2, 0.25) is 0 Å². The highest BCUT2D eigenvalue weighted by Crippen LogP contribution is 2.34. The van der Waals surface area contributed by atoms with Gasteiger partial charge in [0.15, 0.2) is 0 Å². The maximum Gasteiger partial charge on any atom is 0.327 e. The van der Waals surface area contributed by atoms with Gasteiger partial charge in [-0.3, -0.25) is 9.69 Å². The molecule has 3 rings (SSSR count). The fourth-order valence-electron chi connectivity index (χ4n) is 2.64. The number of rotatable bonds is 3. The summed E-state index contributed by atoms with van der Waals surface area (Å²) in [6, 6.07) is 10.3. The largest absolute Gasteiger partial charge is 0.480 e. The third-order valence-electron chi connectivity index (χ3n) is 3.70. The Balaban J connectivity index is 2.01. The predicted molar refractivity (Wildman–Crippen MR) is 82.1 cm³/mol. The van der Waals surface area contributed by atoms with E-state index in [2.05, 4.69) is 0 Å². The first-order valence-electron chi connectivity index (χ1n) is 6.84. The van der Waals surface area contributed by atoms with E-state index < -0.39 is 12.0 Å². The molecule has 108 valence electrons. The van der Waals surface area contributed by atoms with E-state index in [0.29, 0.717) is 17.0 Å². The van der Waals surface area contributed by atoms with Gasteiger partial charge in [0.25, 0.3) is 5.91 Å². The van der Waals surface area contributed by atoms with Crippen LogP contribution in [-0.4, -0.2) is 23.0 Å². The standard InChI is InChI=1S/C16H15NO3S/c1-2-11-7-8-14(21-11)15(18)17-12-6-4-3-5-10(12)9-13(17)16(19)20/h3-8,13H,2,9H2,1H3,(H,19,20)/t13-/m0/s1. The SMILES string of the molecule is CCc1ccc(C(=O)N2c3ccccc3C[C@H]2C(=O)O)s1. The molecule has 4 nitrogen and oxygen atoms in total. The van der Waals surface area contributed by atoms with Crippen LogP contribution in [0.4, 0.5) is 5.69 Å². The van der Waals surface area contributed by atoms with Crippen molar-refractivity contribution in [3.63, 3.8) is 0 Å². The van der Waals surface area contributed by atoms with Gasteiger partial charge in [0.05, 0.1) is 4.88 Å². The molecule has 0 radical (unpaired) electrons. The summed E-state index contributed by atoms with van der Waals surface area (Å²) in [6.07, 6.45) is 1.24. The first-order valence-corrected chi connectivity index (χ1v) is 7.66. The lowest BCUT2D eigenvalue weighted by Crippen LogP contribution is -2.42. The van der Waals surface area contributed by atoms with Crippen molar-refractivity contribution in [2.45, 2.75) is 25.8 Å². The van der Waals surface area contributed by atoms with Crippen molar-refractivity contribution in [3.05, 3.63) is 51.7 Å². The number of hydrogen-bond acceptors (Lipinski definition) is 3. The van der Waals surface area contributed by atoms with Gasteiger partial charge in [0, 0.05) is 17.0 Å². The van der Waals surface area contributed by atoms with Gasteiger partial charge in [-0.25, -0.2) is 4.79 Å². The Morgan fingerprint density at radius 3 is 2.71 bits per heavy atom. The number of nitrogens with zero attached hydrogens (tertiary/aromatic N) is 1. The zero-order valence-electron chi connectivity index (χ0n) is 11.6. The molecular formula is C16H15NO3S. The molecule has 0 fully saturated rings. The maximum absolute atomic E-state index is 12.7. The smallest absolute Gasteiger partial charge is 0.327 e. The second-order valence-corrected chi connectivity index (χ2v) is 6.15. The second-order valence-electron chi connectivity index (χ2n) is 4.98. The molecule has 0 aliphatic carbocycles. The van der Waals surface area contributed by atoms with Crippen molar-refractivity contribution in [1.29, 1.82) is 0 Å². The number of aryl methyl sites for hydroxylation is 1. The predicted octanol–water partition coefficient (Wildman–Crippen LogP) is 2.97. The molecule has 0 spiro atoms. The minimum atomic E-state index is -0.966. The van der Waals surface area contributed by atoms with E-state index in [-0.39, 0.29) is 5.91 Å². The van der Waals surface area contributed by atoms with Crippen molar-refractivity contribution in [2.75, 3.05) is 4.90 Å². The van der Waals surface area contributed by atoms with Crippen molar-refractivity contribution < 1.29 is 14.7 Å². The summed E-state index contributed by atoms with van der Waals surface area (Å²) < 4.78 is 0. The quantitative estimate of drug-likeness (QED) is 0.948. The Bertz CT molecular complexity index is 707. The third kappa shape index (κ3) is 2.34. The normalized spacial score (nSPS) is 16.8. The van der Waals surface area contributed by atoms with Gasteiger partial charge in [-0.1, -0.05) is 25.1 Å². The number of carboxylic acid groups (broad SMARTS) is 1. The molecule has 1 N–H and O–H groups in total. The van der Waals surface area contributed by atoms with Crippen LogP contribution in [0.15, 0.2) is 36.4 Å². The highest BCUT2D eigenvalue weighted by atomic mass is 32.1. The summed E-state index contributed by atoms with van der Waals surface area (Å²) in [5.41, 5.74) is 1.62. The summed E-state index contributed by atoms with van der Waals surface area (Å²) in [5.74, 6) is -1.19. The fraction of sp³-hybridized carbons (Fsp3) is 0.250. The molecule has 1 atom stereocenters. The molecule has 0 bridgehead atoms. The summed E-state index contributed by atoms with van der Waals surface area (Å²) in [5, 5.41) is 9.41. The van der Waals surface area contributed by atoms with Crippen LogP contribution in [0.1, 0.15) is 27.0 Å². The van der Waals surface area contributed by atoms with Crippen LogP contribution >= 0.6 is 11.3 Å². The van der Waals surface area contributed by atoms with Crippen LogP contribution in [-0.2, 0) is 17.6 Å². The zero-order valence-corrected chi connectivity index (χ0v) is 12.4. The average Bonchev–Trinajstić information content (AvgIpc) is 3.11. The number of carbonyl (C=O) groups is 2. The lowest BCUT2D eigenvalue weighted by molar-refractivity contribution is -0.138. The third-order valence-corrected chi connectivity index (χ3v) is 4.92. The number of carboxylic acids is 1. The number of carbonyl (C=O) groups excluding carboxylic acids is 1. The number of benzene rings is 1. The molecule has 0 unspecified atom stereocenters. The van der Waals surface area contributed by atoms with Crippen molar-refractivity contribution >= 4 is 28.9 Å². The Hall–Kier alpha value is -2.14.